The van der Waals surface area contributed by atoms with Gasteiger partial charge in [-0.15, -0.1) is 0 Å². The van der Waals surface area contributed by atoms with Crippen LogP contribution >= 0.6 is 12.6 Å². The number of rotatable bonds is 2. The van der Waals surface area contributed by atoms with Crippen LogP contribution in [0.5, 0.6) is 0 Å². The number of aromatic nitrogens is 2. The largest absolute Gasteiger partial charge is 0.341 e. The maximum Gasteiger partial charge on any atom is 0.116 e. The summed E-state index contributed by atoms with van der Waals surface area (Å²) < 4.78 is 0. The number of H-pyrrole nitrogens is 1. The lowest BCUT2D eigenvalue weighted by Crippen LogP contribution is -1.82. The molecule has 0 unspecified atom stereocenters. The molecule has 0 saturated carbocycles. The van der Waals surface area contributed by atoms with E-state index in [9.17, 15) is 0 Å². The van der Waals surface area contributed by atoms with E-state index in [0.717, 1.165) is 17.1 Å². The first-order valence-corrected chi connectivity index (χ1v) is 6.55. The van der Waals surface area contributed by atoms with Crippen LogP contribution in [-0.4, -0.2) is 9.97 Å². The van der Waals surface area contributed by atoms with Crippen LogP contribution in [0.3, 0.4) is 0 Å². The number of hydrogen-bond acceptors (Lipinski definition) is 2. The third-order valence-corrected chi connectivity index (χ3v) is 3.38. The maximum atomic E-state index is 4.27. The van der Waals surface area contributed by atoms with E-state index in [1.54, 1.807) is 0 Å². The van der Waals surface area contributed by atoms with Crippen LogP contribution in [0, 0.1) is 6.92 Å². The first-order valence-electron chi connectivity index (χ1n) is 5.92. The Labute approximate surface area is 111 Å². The van der Waals surface area contributed by atoms with Crippen LogP contribution in [0.4, 0.5) is 0 Å². The molecule has 2 nitrogen and oxygen atoms in total. The Morgan fingerprint density at radius 2 is 1.89 bits per heavy atom. The summed E-state index contributed by atoms with van der Waals surface area (Å²) in [5.41, 5.74) is 3.49. The molecule has 0 saturated heterocycles. The van der Waals surface area contributed by atoms with Gasteiger partial charge < -0.3 is 4.98 Å². The molecule has 0 amide bonds. The van der Waals surface area contributed by atoms with Gasteiger partial charge in [0.25, 0.3) is 0 Å². The lowest BCUT2D eigenvalue weighted by atomic mass is 10.0. The molecule has 0 spiro atoms. The van der Waals surface area contributed by atoms with Gasteiger partial charge in [-0.25, -0.2) is 4.98 Å². The highest BCUT2D eigenvalue weighted by molar-refractivity contribution is 7.79. The van der Waals surface area contributed by atoms with Gasteiger partial charge in [-0.05, 0) is 23.8 Å². The average molecular weight is 254 g/mol. The van der Waals surface area contributed by atoms with Crippen molar-refractivity contribution in [2.75, 3.05) is 0 Å². The Morgan fingerprint density at radius 3 is 2.67 bits per heavy atom. The minimum absolute atomic E-state index is 0.632. The van der Waals surface area contributed by atoms with Crippen LogP contribution < -0.4 is 0 Å². The van der Waals surface area contributed by atoms with Crippen molar-refractivity contribution in [2.45, 2.75) is 12.7 Å². The van der Waals surface area contributed by atoms with Gasteiger partial charge in [-0.2, -0.15) is 12.6 Å². The van der Waals surface area contributed by atoms with Crippen LogP contribution in [0.25, 0.3) is 22.0 Å². The molecule has 0 radical (unpaired) electrons. The van der Waals surface area contributed by atoms with Gasteiger partial charge in [0.2, 0.25) is 0 Å². The Kier molecular flexibility index (Phi) is 2.84. The molecular formula is C15H14N2S. The number of aromatic amines is 1. The summed E-state index contributed by atoms with van der Waals surface area (Å²) in [5, 5.41) is 2.52. The Bertz CT molecular complexity index is 701. The second-order valence-corrected chi connectivity index (χ2v) is 4.78. The van der Waals surface area contributed by atoms with Crippen molar-refractivity contribution in [3.05, 3.63) is 54.0 Å². The van der Waals surface area contributed by atoms with Gasteiger partial charge >= 0.3 is 0 Å². The van der Waals surface area contributed by atoms with Crippen molar-refractivity contribution >= 4 is 23.4 Å². The molecule has 1 heterocycles. The third kappa shape index (κ3) is 2.02. The van der Waals surface area contributed by atoms with Crippen molar-refractivity contribution in [3.63, 3.8) is 0 Å². The van der Waals surface area contributed by atoms with E-state index >= 15 is 0 Å². The number of fused-ring (bicyclic) bond motifs is 1. The SMILES string of the molecule is Cc1ccc2cc(-c3cnc(CS)[nH]3)ccc2c1. The molecule has 0 aliphatic carbocycles. The first-order chi connectivity index (χ1) is 8.76. The van der Waals surface area contributed by atoms with E-state index in [2.05, 4.69) is 65.9 Å². The van der Waals surface area contributed by atoms with Crippen molar-refractivity contribution < 1.29 is 0 Å². The molecule has 2 aromatic carbocycles. The average Bonchev–Trinajstić information content (AvgIpc) is 2.87. The predicted molar refractivity (Wildman–Crippen MR) is 79.0 cm³/mol. The van der Waals surface area contributed by atoms with E-state index < -0.39 is 0 Å². The molecule has 18 heavy (non-hydrogen) atoms. The van der Waals surface area contributed by atoms with Crippen LogP contribution in [0.15, 0.2) is 42.6 Å². The van der Waals surface area contributed by atoms with E-state index in [-0.39, 0.29) is 0 Å². The molecule has 90 valence electrons. The van der Waals surface area contributed by atoms with E-state index in [4.69, 9.17) is 0 Å². The molecule has 0 fully saturated rings. The van der Waals surface area contributed by atoms with E-state index in [1.165, 1.54) is 16.3 Å². The zero-order valence-electron chi connectivity index (χ0n) is 10.1. The molecule has 0 bridgehead atoms. The number of nitrogens with one attached hydrogen (secondary N) is 1. The summed E-state index contributed by atoms with van der Waals surface area (Å²) in [5.74, 6) is 1.53. The van der Waals surface area contributed by atoms with Crippen molar-refractivity contribution in [1.82, 2.24) is 9.97 Å². The van der Waals surface area contributed by atoms with Gasteiger partial charge in [-0.1, -0.05) is 35.9 Å². The van der Waals surface area contributed by atoms with Crippen molar-refractivity contribution in [1.29, 1.82) is 0 Å². The quantitative estimate of drug-likeness (QED) is 0.666. The predicted octanol–water partition coefficient (Wildman–Crippen LogP) is 3.97. The number of aryl methyl sites for hydroxylation is 1. The Hall–Kier alpha value is -1.74. The van der Waals surface area contributed by atoms with Crippen molar-refractivity contribution in [3.8, 4) is 11.3 Å². The first kappa shape index (κ1) is 11.4. The molecule has 3 heteroatoms. The maximum absolute atomic E-state index is 4.27. The topological polar surface area (TPSA) is 28.7 Å². The van der Waals surface area contributed by atoms with Crippen molar-refractivity contribution in [2.24, 2.45) is 0 Å². The number of thiol groups is 1. The second kappa shape index (κ2) is 4.50. The molecule has 0 aliphatic rings. The van der Waals surface area contributed by atoms with Gasteiger partial charge in [0.05, 0.1) is 11.9 Å². The molecule has 3 aromatic rings. The molecule has 1 aromatic heterocycles. The van der Waals surface area contributed by atoms with Gasteiger partial charge in [-0.3, -0.25) is 0 Å². The summed E-state index contributed by atoms with van der Waals surface area (Å²) in [6.07, 6.45) is 1.86. The summed E-state index contributed by atoms with van der Waals surface area (Å²) >= 11 is 4.21. The lowest BCUT2D eigenvalue weighted by Gasteiger charge is -2.03. The molecule has 1 N–H and O–H groups in total. The molecule has 0 atom stereocenters. The fourth-order valence-corrected chi connectivity index (χ4v) is 2.28. The number of benzene rings is 2. The highest BCUT2D eigenvalue weighted by Gasteiger charge is 2.03. The van der Waals surface area contributed by atoms with E-state index in [1.807, 2.05) is 6.20 Å². The standard InChI is InChI=1S/C15H14N2S/c1-10-2-3-12-7-13(5-4-11(12)6-10)14-8-16-15(9-18)17-14/h2-8,18H,9H2,1H3,(H,16,17). The Balaban J connectivity index is 2.10. The highest BCUT2D eigenvalue weighted by atomic mass is 32.1. The van der Waals surface area contributed by atoms with Gasteiger partial charge in [0.15, 0.2) is 0 Å². The fourth-order valence-electron chi connectivity index (χ4n) is 2.12. The number of imidazole rings is 1. The van der Waals surface area contributed by atoms with Gasteiger partial charge in [0, 0.05) is 11.3 Å². The zero-order valence-corrected chi connectivity index (χ0v) is 11.0. The summed E-state index contributed by atoms with van der Waals surface area (Å²) in [6.45, 7) is 2.11. The second-order valence-electron chi connectivity index (χ2n) is 4.47. The molecular weight excluding hydrogens is 240 g/mol. The van der Waals surface area contributed by atoms with Crippen LogP contribution in [0.1, 0.15) is 11.4 Å². The third-order valence-electron chi connectivity index (χ3n) is 3.08. The number of hydrogen-bond donors (Lipinski definition) is 2. The normalized spacial score (nSPS) is 11.0. The van der Waals surface area contributed by atoms with E-state index in [0.29, 0.717) is 5.75 Å². The lowest BCUT2D eigenvalue weighted by molar-refractivity contribution is 1.13. The fraction of sp³-hybridized carbons (Fsp3) is 0.133. The zero-order chi connectivity index (χ0) is 12.5. The molecule has 3 rings (SSSR count). The summed E-state index contributed by atoms with van der Waals surface area (Å²) in [6, 6.07) is 13.0. The van der Waals surface area contributed by atoms with Crippen LogP contribution in [-0.2, 0) is 5.75 Å². The smallest absolute Gasteiger partial charge is 0.116 e. The monoisotopic (exact) mass is 254 g/mol. The van der Waals surface area contributed by atoms with Crippen LogP contribution in [0.2, 0.25) is 0 Å². The summed E-state index contributed by atoms with van der Waals surface area (Å²) in [7, 11) is 0. The van der Waals surface area contributed by atoms with Gasteiger partial charge in [0.1, 0.15) is 5.82 Å². The summed E-state index contributed by atoms with van der Waals surface area (Å²) in [4.78, 5) is 7.54. The minimum Gasteiger partial charge on any atom is -0.341 e. The highest BCUT2D eigenvalue weighted by Crippen LogP contribution is 2.24. The number of nitrogens with zero attached hydrogens (tertiary/aromatic N) is 1. The minimum atomic E-state index is 0.632. The molecule has 0 aliphatic heterocycles. The Morgan fingerprint density at radius 1 is 1.11 bits per heavy atom.